The van der Waals surface area contributed by atoms with Crippen LogP contribution in [0.25, 0.3) is 84.8 Å². The molecule has 3 heterocycles. The van der Waals surface area contributed by atoms with Crippen molar-refractivity contribution >= 4 is 50.6 Å². The highest BCUT2D eigenvalue weighted by molar-refractivity contribution is 6.05. The molecule has 0 spiro atoms. The van der Waals surface area contributed by atoms with E-state index in [4.69, 9.17) is 23.8 Å². The summed E-state index contributed by atoms with van der Waals surface area (Å²) in [7, 11) is 0. The average molecular weight is 686 g/mol. The van der Waals surface area contributed by atoms with Crippen molar-refractivity contribution in [3.05, 3.63) is 168 Å². The molecule has 0 radical (unpaired) electrons. The first-order chi connectivity index (χ1) is 26.2. The fraction of sp³-hybridized carbons (Fsp3) is 0.104. The average Bonchev–Trinajstić information content (AvgIpc) is 3.78. The Balaban J connectivity index is 1.07. The molecule has 0 saturated carbocycles. The number of furan rings is 2. The van der Waals surface area contributed by atoms with Crippen LogP contribution in [0, 0.1) is 0 Å². The summed E-state index contributed by atoms with van der Waals surface area (Å²) in [5.41, 5.74) is 13.2. The Morgan fingerprint density at radius 3 is 2.36 bits per heavy atom. The van der Waals surface area contributed by atoms with E-state index in [1.165, 1.54) is 22.3 Å². The molecular weight excluding hydrogens is 651 g/mol. The van der Waals surface area contributed by atoms with Crippen LogP contribution in [0.2, 0.25) is 0 Å². The van der Waals surface area contributed by atoms with Crippen LogP contribution in [0.4, 0.5) is 0 Å². The summed E-state index contributed by atoms with van der Waals surface area (Å²) in [6, 6.07) is 37.6. The van der Waals surface area contributed by atoms with Crippen LogP contribution in [0.3, 0.4) is 0 Å². The van der Waals surface area contributed by atoms with E-state index in [-0.39, 0.29) is 0 Å². The first kappa shape index (κ1) is 31.2. The summed E-state index contributed by atoms with van der Waals surface area (Å²) < 4.78 is 12.5. The summed E-state index contributed by atoms with van der Waals surface area (Å²) in [4.78, 5) is 15.4. The Kier molecular flexibility index (Phi) is 7.57. The van der Waals surface area contributed by atoms with Gasteiger partial charge in [-0.05, 0) is 90.3 Å². The molecule has 8 aromatic rings. The standard InChI is InChI=1S/C48H35N3O2/c1-2-41-39(18-10-12-30-22-26-38-37-17-8-9-20-42(37)53-44(38)28-30)45-40(19-11-21-43(45)52-41)48-50-46(32-14-4-3-5-15-32)49-47(51-48)34-25-27-36-33(29-34)24-23-31-13-6-7-16-35(31)36/h2-6,8-11,13-15,17-22,25-29H,1,7,12,16,23-24H2/b18-10-. The van der Waals surface area contributed by atoms with E-state index >= 15 is 0 Å². The highest BCUT2D eigenvalue weighted by Crippen LogP contribution is 2.40. The zero-order chi connectivity index (χ0) is 35.3. The van der Waals surface area contributed by atoms with Gasteiger partial charge in [0.15, 0.2) is 17.5 Å². The topological polar surface area (TPSA) is 65.0 Å². The van der Waals surface area contributed by atoms with Crippen LogP contribution < -0.4 is 0 Å². The third kappa shape index (κ3) is 5.53. The lowest BCUT2D eigenvalue weighted by Crippen LogP contribution is -2.07. The molecule has 2 aliphatic carbocycles. The highest BCUT2D eigenvalue weighted by atomic mass is 16.3. The van der Waals surface area contributed by atoms with Crippen molar-refractivity contribution in [2.75, 3.05) is 0 Å². The lowest BCUT2D eigenvalue weighted by atomic mass is 9.80. The number of hydrogen-bond acceptors (Lipinski definition) is 5. The second-order valence-corrected chi connectivity index (χ2v) is 13.8. The molecule has 0 atom stereocenters. The number of aromatic nitrogens is 3. The molecular formula is C48H35N3O2. The Morgan fingerprint density at radius 2 is 1.45 bits per heavy atom. The third-order valence-corrected chi connectivity index (χ3v) is 10.6. The lowest BCUT2D eigenvalue weighted by molar-refractivity contribution is 0.603. The van der Waals surface area contributed by atoms with E-state index in [2.05, 4.69) is 79.4 Å². The number of nitrogens with zero attached hydrogens (tertiary/aromatic N) is 3. The molecule has 2 aliphatic rings. The summed E-state index contributed by atoms with van der Waals surface area (Å²) in [5.74, 6) is 2.59. The monoisotopic (exact) mass is 685 g/mol. The molecule has 5 heteroatoms. The maximum atomic E-state index is 6.38. The molecule has 5 nitrogen and oxygen atoms in total. The molecule has 0 bridgehead atoms. The molecule has 0 fully saturated rings. The molecule has 0 aliphatic heterocycles. The van der Waals surface area contributed by atoms with E-state index < -0.39 is 0 Å². The molecule has 53 heavy (non-hydrogen) atoms. The van der Waals surface area contributed by atoms with Gasteiger partial charge < -0.3 is 8.83 Å². The van der Waals surface area contributed by atoms with Crippen molar-refractivity contribution in [1.29, 1.82) is 0 Å². The molecule has 0 unspecified atom stereocenters. The molecule has 254 valence electrons. The Hall–Kier alpha value is -6.59. The van der Waals surface area contributed by atoms with Gasteiger partial charge in [-0.25, -0.2) is 15.0 Å². The maximum absolute atomic E-state index is 6.38. The Labute approximate surface area is 307 Å². The van der Waals surface area contributed by atoms with Crippen LogP contribution in [0.5, 0.6) is 0 Å². The number of rotatable bonds is 7. The number of aryl methyl sites for hydroxylation is 1. The predicted octanol–water partition coefficient (Wildman–Crippen LogP) is 12.5. The minimum absolute atomic E-state index is 0.598. The number of para-hydroxylation sites is 1. The van der Waals surface area contributed by atoms with Gasteiger partial charge in [-0.2, -0.15) is 0 Å². The quantitative estimate of drug-likeness (QED) is 0.167. The van der Waals surface area contributed by atoms with Crippen LogP contribution in [-0.2, 0) is 12.8 Å². The van der Waals surface area contributed by atoms with E-state index in [1.807, 2.05) is 60.7 Å². The third-order valence-electron chi connectivity index (χ3n) is 10.6. The molecule has 5 aromatic carbocycles. The minimum Gasteiger partial charge on any atom is -0.456 e. The Morgan fingerprint density at radius 1 is 0.642 bits per heavy atom. The molecule has 0 saturated heterocycles. The highest BCUT2D eigenvalue weighted by Gasteiger charge is 2.22. The summed E-state index contributed by atoms with van der Waals surface area (Å²) >= 11 is 0. The first-order valence-electron chi connectivity index (χ1n) is 18.3. The van der Waals surface area contributed by atoms with Gasteiger partial charge in [0.2, 0.25) is 0 Å². The molecule has 3 aromatic heterocycles. The van der Waals surface area contributed by atoms with E-state index in [0.29, 0.717) is 23.2 Å². The lowest BCUT2D eigenvalue weighted by Gasteiger charge is -2.24. The largest absolute Gasteiger partial charge is 0.456 e. The number of fused-ring (bicyclic) bond motifs is 6. The van der Waals surface area contributed by atoms with Gasteiger partial charge >= 0.3 is 0 Å². The fourth-order valence-electron chi connectivity index (χ4n) is 8.01. The molecule has 0 amide bonds. The molecule has 10 rings (SSSR count). The van der Waals surface area contributed by atoms with Crippen molar-refractivity contribution in [3.8, 4) is 34.2 Å². The Bertz CT molecular complexity index is 2830. The summed E-state index contributed by atoms with van der Waals surface area (Å²) in [5, 5.41) is 3.20. The normalized spacial score (nSPS) is 14.0. The first-order valence-corrected chi connectivity index (χ1v) is 18.3. The van der Waals surface area contributed by atoms with Crippen LogP contribution in [-0.4, -0.2) is 15.0 Å². The number of hydrogen-bond donors (Lipinski definition) is 0. The van der Waals surface area contributed by atoms with Gasteiger partial charge in [-0.15, -0.1) is 0 Å². The zero-order valence-corrected chi connectivity index (χ0v) is 29.2. The zero-order valence-electron chi connectivity index (χ0n) is 29.2. The van der Waals surface area contributed by atoms with Crippen molar-refractivity contribution < 1.29 is 8.83 Å². The van der Waals surface area contributed by atoms with Crippen LogP contribution in [0.1, 0.15) is 47.3 Å². The maximum Gasteiger partial charge on any atom is 0.164 e. The van der Waals surface area contributed by atoms with Crippen LogP contribution >= 0.6 is 0 Å². The van der Waals surface area contributed by atoms with Gasteiger partial charge in [0, 0.05) is 38.4 Å². The van der Waals surface area contributed by atoms with Crippen LogP contribution in [0.15, 0.2) is 148 Å². The number of benzene rings is 5. The summed E-state index contributed by atoms with van der Waals surface area (Å²) in [6.45, 7) is 4.09. The van der Waals surface area contributed by atoms with Gasteiger partial charge in [-0.3, -0.25) is 0 Å². The van der Waals surface area contributed by atoms with Gasteiger partial charge in [0.1, 0.15) is 22.5 Å². The van der Waals surface area contributed by atoms with Gasteiger partial charge in [0.25, 0.3) is 0 Å². The van der Waals surface area contributed by atoms with E-state index in [9.17, 15) is 0 Å². The smallest absolute Gasteiger partial charge is 0.164 e. The van der Waals surface area contributed by atoms with Crippen molar-refractivity contribution in [2.24, 2.45) is 0 Å². The molecule has 0 N–H and O–H groups in total. The van der Waals surface area contributed by atoms with Gasteiger partial charge in [0.05, 0.1) is 0 Å². The number of allylic oxidation sites excluding steroid dienone is 5. The van der Waals surface area contributed by atoms with Gasteiger partial charge in [-0.1, -0.05) is 116 Å². The minimum atomic E-state index is 0.598. The SMILES string of the molecule is C=Cc1oc2cccc(-c3nc(-c4ccccc4)nc(-c4ccc5c(c4)CCC4=C5CCC=C4)n3)c2c1/C=C\Cc1ccc2c(c1)oc1ccccc12. The summed E-state index contributed by atoms with van der Waals surface area (Å²) in [6.07, 6.45) is 15.7. The van der Waals surface area contributed by atoms with Crippen molar-refractivity contribution in [2.45, 2.75) is 32.1 Å². The van der Waals surface area contributed by atoms with E-state index in [0.717, 1.165) is 92.8 Å². The second-order valence-electron chi connectivity index (χ2n) is 13.8. The van der Waals surface area contributed by atoms with E-state index in [1.54, 1.807) is 6.08 Å². The second kappa shape index (κ2) is 12.9. The fourth-order valence-corrected chi connectivity index (χ4v) is 8.01. The van der Waals surface area contributed by atoms with Crippen molar-refractivity contribution in [1.82, 2.24) is 15.0 Å². The predicted molar refractivity (Wildman–Crippen MR) is 216 cm³/mol. The van der Waals surface area contributed by atoms with Crippen molar-refractivity contribution in [3.63, 3.8) is 0 Å².